The van der Waals surface area contributed by atoms with Gasteiger partial charge in [0.25, 0.3) is 10.0 Å². The molecule has 0 radical (unpaired) electrons. The van der Waals surface area contributed by atoms with Crippen LogP contribution in [0.3, 0.4) is 0 Å². The molecule has 0 spiro atoms. The van der Waals surface area contributed by atoms with Crippen LogP contribution in [0.15, 0.2) is 42.3 Å². The van der Waals surface area contributed by atoms with Crippen molar-refractivity contribution in [3.05, 3.63) is 53.7 Å². The zero-order chi connectivity index (χ0) is 15.2. The van der Waals surface area contributed by atoms with Crippen LogP contribution in [0.1, 0.15) is 5.56 Å². The van der Waals surface area contributed by atoms with Gasteiger partial charge in [0.05, 0.1) is 5.41 Å². The summed E-state index contributed by atoms with van der Waals surface area (Å²) in [5, 5.41) is 0.847. The Morgan fingerprint density at radius 2 is 2.00 bits per heavy atom. The monoisotopic (exact) mass is 298 g/mol. The maximum absolute atomic E-state index is 12.7. The summed E-state index contributed by atoms with van der Waals surface area (Å²) < 4.78 is 37.8. The van der Waals surface area contributed by atoms with Gasteiger partial charge in [-0.1, -0.05) is 18.2 Å². The molecule has 0 unspecified atom stereocenters. The van der Waals surface area contributed by atoms with Crippen molar-refractivity contribution in [1.82, 2.24) is 9.62 Å². The van der Waals surface area contributed by atoms with Gasteiger partial charge >= 0.3 is 6.03 Å². The van der Waals surface area contributed by atoms with Crippen LogP contribution in [0.4, 0.5) is 9.18 Å². The predicted octanol–water partition coefficient (Wildman–Crippen LogP) is 1.95. The molecule has 7 heteroatoms. The third-order valence-electron chi connectivity index (χ3n) is 2.29. The van der Waals surface area contributed by atoms with E-state index < -0.39 is 21.9 Å². The molecule has 1 rings (SSSR count). The maximum atomic E-state index is 12.7. The first-order valence-electron chi connectivity index (χ1n) is 5.66. The number of carbonyl (C=O) groups excluding carboxylic acids is 1. The summed E-state index contributed by atoms with van der Waals surface area (Å²) in [5.41, 5.74) is 0.503. The number of rotatable bonds is 5. The van der Waals surface area contributed by atoms with Crippen molar-refractivity contribution in [2.45, 2.75) is 0 Å². The number of halogens is 1. The van der Waals surface area contributed by atoms with Gasteiger partial charge in [0, 0.05) is 13.6 Å². The molecule has 0 atom stereocenters. The SMILES string of the molecule is C=CCN(C)C(=O)NS(=O)(=O)C=Cc1ccc(F)cc1. The van der Waals surface area contributed by atoms with Crippen molar-refractivity contribution < 1.29 is 17.6 Å². The summed E-state index contributed by atoms with van der Waals surface area (Å²) in [4.78, 5) is 12.7. The van der Waals surface area contributed by atoms with Gasteiger partial charge in [0.1, 0.15) is 5.82 Å². The van der Waals surface area contributed by atoms with E-state index >= 15 is 0 Å². The number of nitrogens with zero attached hydrogens (tertiary/aromatic N) is 1. The first-order chi connectivity index (χ1) is 9.34. The number of urea groups is 1. The molecule has 0 bridgehead atoms. The van der Waals surface area contributed by atoms with Crippen LogP contribution in [-0.4, -0.2) is 32.9 Å². The Bertz CT molecular complexity index is 609. The highest BCUT2D eigenvalue weighted by atomic mass is 32.2. The largest absolute Gasteiger partial charge is 0.331 e. The van der Waals surface area contributed by atoms with Gasteiger partial charge in [-0.2, -0.15) is 0 Å². The van der Waals surface area contributed by atoms with Crippen LogP contribution in [-0.2, 0) is 10.0 Å². The number of nitrogens with one attached hydrogen (secondary N) is 1. The average Bonchev–Trinajstić information content (AvgIpc) is 2.38. The molecule has 0 aliphatic rings. The van der Waals surface area contributed by atoms with E-state index in [0.29, 0.717) is 5.56 Å². The van der Waals surface area contributed by atoms with Crippen molar-refractivity contribution in [3.63, 3.8) is 0 Å². The third kappa shape index (κ3) is 5.23. The minimum atomic E-state index is -3.90. The Morgan fingerprint density at radius 3 is 2.55 bits per heavy atom. The van der Waals surface area contributed by atoms with Crippen LogP contribution in [0.2, 0.25) is 0 Å². The van der Waals surface area contributed by atoms with E-state index in [1.807, 2.05) is 4.72 Å². The number of benzene rings is 1. The molecule has 0 fully saturated rings. The zero-order valence-electron chi connectivity index (χ0n) is 10.9. The Labute approximate surface area is 117 Å². The molecule has 0 saturated heterocycles. The van der Waals surface area contributed by atoms with Gasteiger partial charge in [-0.15, -0.1) is 6.58 Å². The highest BCUT2D eigenvalue weighted by Crippen LogP contribution is 2.05. The summed E-state index contributed by atoms with van der Waals surface area (Å²) in [5.74, 6) is -0.413. The van der Waals surface area contributed by atoms with E-state index in [0.717, 1.165) is 10.3 Å². The number of likely N-dealkylation sites (N-methyl/N-ethyl adjacent to an activating group) is 1. The minimum Gasteiger partial charge on any atom is -0.323 e. The van der Waals surface area contributed by atoms with Gasteiger partial charge in [0.15, 0.2) is 0 Å². The second kappa shape index (κ2) is 6.85. The smallest absolute Gasteiger partial charge is 0.323 e. The van der Waals surface area contributed by atoms with Crippen LogP contribution in [0.25, 0.3) is 6.08 Å². The normalized spacial score (nSPS) is 11.3. The lowest BCUT2D eigenvalue weighted by atomic mass is 10.2. The fraction of sp³-hybridized carbons (Fsp3) is 0.154. The van der Waals surface area contributed by atoms with E-state index in [2.05, 4.69) is 6.58 Å². The van der Waals surface area contributed by atoms with Gasteiger partial charge in [-0.3, -0.25) is 0 Å². The molecule has 1 N–H and O–H groups in total. The maximum Gasteiger partial charge on any atom is 0.331 e. The molecule has 0 heterocycles. The summed E-state index contributed by atoms with van der Waals surface area (Å²) in [7, 11) is -2.46. The number of hydrogen-bond acceptors (Lipinski definition) is 3. The lowest BCUT2D eigenvalue weighted by Gasteiger charge is -2.14. The molecule has 1 aromatic carbocycles. The van der Waals surface area contributed by atoms with E-state index in [-0.39, 0.29) is 6.54 Å². The quantitative estimate of drug-likeness (QED) is 0.845. The third-order valence-corrected chi connectivity index (χ3v) is 3.24. The molecule has 0 saturated carbocycles. The highest BCUT2D eigenvalue weighted by molar-refractivity contribution is 7.93. The summed E-state index contributed by atoms with van der Waals surface area (Å²) in [6.07, 6.45) is 2.74. The van der Waals surface area contributed by atoms with Crippen molar-refractivity contribution in [3.8, 4) is 0 Å². The van der Waals surface area contributed by atoms with Crippen LogP contribution < -0.4 is 4.72 Å². The molecule has 2 amide bonds. The van der Waals surface area contributed by atoms with E-state index in [1.54, 1.807) is 0 Å². The van der Waals surface area contributed by atoms with Crippen LogP contribution in [0.5, 0.6) is 0 Å². The average molecular weight is 298 g/mol. The number of amides is 2. The van der Waals surface area contributed by atoms with E-state index in [9.17, 15) is 17.6 Å². The van der Waals surface area contributed by atoms with Crippen LogP contribution in [0, 0.1) is 5.82 Å². The Balaban J connectivity index is 2.72. The topological polar surface area (TPSA) is 66.5 Å². The molecule has 5 nitrogen and oxygen atoms in total. The summed E-state index contributed by atoms with van der Waals surface area (Å²) in [6.45, 7) is 3.67. The first kappa shape index (κ1) is 15.9. The van der Waals surface area contributed by atoms with Crippen molar-refractivity contribution in [2.24, 2.45) is 0 Å². The molecule has 0 aliphatic carbocycles. The first-order valence-corrected chi connectivity index (χ1v) is 7.21. The Hall–Kier alpha value is -2.15. The summed E-state index contributed by atoms with van der Waals surface area (Å²) >= 11 is 0. The zero-order valence-corrected chi connectivity index (χ0v) is 11.7. The van der Waals surface area contributed by atoms with Crippen LogP contribution >= 0.6 is 0 Å². The van der Waals surface area contributed by atoms with Gasteiger partial charge in [-0.25, -0.2) is 22.3 Å². The Morgan fingerprint density at radius 1 is 1.40 bits per heavy atom. The predicted molar refractivity (Wildman–Crippen MR) is 75.7 cm³/mol. The van der Waals surface area contributed by atoms with E-state index in [1.165, 1.54) is 43.5 Å². The van der Waals surface area contributed by atoms with Crippen molar-refractivity contribution in [1.29, 1.82) is 0 Å². The number of carbonyl (C=O) groups is 1. The molecular weight excluding hydrogens is 283 g/mol. The molecule has 1 aromatic rings. The lowest BCUT2D eigenvalue weighted by molar-refractivity contribution is 0.219. The van der Waals surface area contributed by atoms with Gasteiger partial charge in [0.2, 0.25) is 0 Å². The standard InChI is InChI=1S/C13H15FN2O3S/c1-3-9-16(2)13(17)15-20(18,19)10-8-11-4-6-12(14)7-5-11/h3-8,10H,1,9H2,2H3,(H,15,17). The highest BCUT2D eigenvalue weighted by Gasteiger charge is 2.13. The minimum absolute atomic E-state index is 0.225. The fourth-order valence-corrected chi connectivity index (χ4v) is 2.06. The second-order valence-electron chi connectivity index (χ2n) is 3.98. The molecule has 108 valence electrons. The van der Waals surface area contributed by atoms with Crippen molar-refractivity contribution in [2.75, 3.05) is 13.6 Å². The second-order valence-corrected chi connectivity index (χ2v) is 5.54. The van der Waals surface area contributed by atoms with E-state index in [4.69, 9.17) is 0 Å². The van der Waals surface area contributed by atoms with Gasteiger partial charge in [-0.05, 0) is 23.8 Å². The number of hydrogen-bond donors (Lipinski definition) is 1. The summed E-state index contributed by atoms with van der Waals surface area (Å²) in [6, 6.07) is 4.51. The number of sulfonamides is 1. The molecule has 20 heavy (non-hydrogen) atoms. The molecule has 0 aliphatic heterocycles. The Kier molecular flexibility index (Phi) is 5.45. The van der Waals surface area contributed by atoms with Gasteiger partial charge < -0.3 is 4.90 Å². The fourth-order valence-electron chi connectivity index (χ4n) is 1.25. The lowest BCUT2D eigenvalue weighted by Crippen LogP contribution is -2.39. The molecular formula is C13H15FN2O3S. The van der Waals surface area contributed by atoms with Crippen molar-refractivity contribution >= 4 is 22.1 Å². The molecule has 0 aromatic heterocycles.